The predicted molar refractivity (Wildman–Crippen MR) is 130 cm³/mol. The Morgan fingerprint density at radius 1 is 1.13 bits per heavy atom. The van der Waals surface area contributed by atoms with Gasteiger partial charge in [0.2, 0.25) is 0 Å². The van der Waals surface area contributed by atoms with Crippen LogP contribution in [0.3, 0.4) is 0 Å². The Kier molecular flexibility index (Phi) is 8.52. The topological polar surface area (TPSA) is 35.6 Å². The highest BCUT2D eigenvalue weighted by molar-refractivity contribution is 7.99. The van der Waals surface area contributed by atoms with E-state index >= 15 is 0 Å². The number of carbonyl (C=O) groups excluding carboxylic acids is 1. The molecule has 3 rings (SSSR count). The van der Waals surface area contributed by atoms with E-state index in [0.717, 1.165) is 34.3 Å². The number of fused-ring (bicyclic) bond motifs is 2. The summed E-state index contributed by atoms with van der Waals surface area (Å²) < 4.78 is 0. The SMILES string of the molecule is CCN(CC)CC#CC(C)(C)NC(=O)N1c2ccccc2Sc2ccc(Cl)cc21.Cl. The van der Waals surface area contributed by atoms with Crippen LogP contribution >= 0.6 is 35.8 Å². The minimum atomic E-state index is -0.664. The third-order valence-corrected chi connectivity index (χ3v) is 6.07. The first-order valence-corrected chi connectivity index (χ1v) is 10.9. The fourth-order valence-corrected chi connectivity index (χ4v) is 4.33. The Balaban J connectivity index is 0.00000320. The molecule has 0 bridgehead atoms. The Labute approximate surface area is 194 Å². The van der Waals surface area contributed by atoms with Crippen molar-refractivity contribution in [2.45, 2.75) is 43.0 Å². The molecule has 1 heterocycles. The fraction of sp³-hybridized carbons (Fsp3) is 0.348. The van der Waals surface area contributed by atoms with Gasteiger partial charge in [-0.05, 0) is 57.3 Å². The molecule has 2 amide bonds. The predicted octanol–water partition coefficient (Wildman–Crippen LogP) is 6.20. The first kappa shape index (κ1) is 24.4. The maximum atomic E-state index is 13.3. The van der Waals surface area contributed by atoms with E-state index in [-0.39, 0.29) is 18.4 Å². The molecule has 4 nitrogen and oxygen atoms in total. The van der Waals surface area contributed by atoms with E-state index in [4.69, 9.17) is 11.6 Å². The summed E-state index contributed by atoms with van der Waals surface area (Å²) in [5.41, 5.74) is 0.963. The fourth-order valence-electron chi connectivity index (χ4n) is 3.12. The van der Waals surface area contributed by atoms with Gasteiger partial charge < -0.3 is 5.32 Å². The molecule has 0 aromatic heterocycles. The summed E-state index contributed by atoms with van der Waals surface area (Å²) in [4.78, 5) is 19.3. The van der Waals surface area contributed by atoms with Gasteiger partial charge in [0.25, 0.3) is 0 Å². The summed E-state index contributed by atoms with van der Waals surface area (Å²) in [6.07, 6.45) is 0. The van der Waals surface area contributed by atoms with Crippen LogP contribution in [0.2, 0.25) is 5.02 Å². The Morgan fingerprint density at radius 3 is 2.50 bits per heavy atom. The van der Waals surface area contributed by atoms with Crippen molar-refractivity contribution < 1.29 is 4.79 Å². The van der Waals surface area contributed by atoms with Gasteiger partial charge in [-0.1, -0.05) is 61.2 Å². The van der Waals surface area contributed by atoms with E-state index in [2.05, 4.69) is 35.9 Å². The molecular formula is C23H27Cl2N3OS. The lowest BCUT2D eigenvalue weighted by atomic mass is 10.1. The number of halogens is 2. The number of nitrogens with one attached hydrogen (secondary N) is 1. The Morgan fingerprint density at radius 2 is 1.80 bits per heavy atom. The van der Waals surface area contributed by atoms with Crippen molar-refractivity contribution in [3.8, 4) is 11.8 Å². The maximum Gasteiger partial charge on any atom is 0.327 e. The van der Waals surface area contributed by atoms with Gasteiger partial charge >= 0.3 is 6.03 Å². The second-order valence-corrected chi connectivity index (χ2v) is 8.86. The molecular weight excluding hydrogens is 437 g/mol. The van der Waals surface area contributed by atoms with Crippen LogP contribution in [0.4, 0.5) is 16.2 Å². The number of hydrogen-bond acceptors (Lipinski definition) is 3. The van der Waals surface area contributed by atoms with Gasteiger partial charge in [0, 0.05) is 14.8 Å². The van der Waals surface area contributed by atoms with Crippen LogP contribution in [0.15, 0.2) is 52.3 Å². The zero-order valence-electron chi connectivity index (χ0n) is 17.7. The average Bonchev–Trinajstić information content (AvgIpc) is 2.69. The minimum absolute atomic E-state index is 0. The first-order valence-electron chi connectivity index (χ1n) is 9.75. The lowest BCUT2D eigenvalue weighted by molar-refractivity contribution is 0.243. The van der Waals surface area contributed by atoms with Gasteiger partial charge in [0.1, 0.15) is 0 Å². The van der Waals surface area contributed by atoms with Crippen LogP contribution in [-0.2, 0) is 0 Å². The summed E-state index contributed by atoms with van der Waals surface area (Å²) in [6, 6.07) is 13.3. The summed E-state index contributed by atoms with van der Waals surface area (Å²) in [7, 11) is 0. The van der Waals surface area contributed by atoms with E-state index in [1.807, 2.05) is 56.3 Å². The van der Waals surface area contributed by atoms with Crippen molar-refractivity contribution in [3.05, 3.63) is 47.5 Å². The summed E-state index contributed by atoms with van der Waals surface area (Å²) >= 11 is 7.88. The molecule has 1 aliphatic rings. The van der Waals surface area contributed by atoms with Crippen molar-refractivity contribution in [1.29, 1.82) is 0 Å². The van der Waals surface area contributed by atoms with Gasteiger partial charge in [-0.2, -0.15) is 0 Å². The largest absolute Gasteiger partial charge is 0.327 e. The van der Waals surface area contributed by atoms with Gasteiger partial charge in [-0.25, -0.2) is 4.79 Å². The second kappa shape index (κ2) is 10.5. The van der Waals surface area contributed by atoms with E-state index in [1.165, 1.54) is 0 Å². The molecule has 1 N–H and O–H groups in total. The number of amides is 2. The number of nitrogens with zero attached hydrogens (tertiary/aromatic N) is 2. The standard InChI is InChI=1S/C23H26ClN3OS.ClH/c1-5-26(6-2)15-9-14-23(3,4)25-22(28)27-18-10-7-8-11-20(18)29-21-13-12-17(24)16-19(21)27;/h7-8,10-13,16H,5-6,15H2,1-4H3,(H,25,28);1H. The molecule has 160 valence electrons. The summed E-state index contributed by atoms with van der Waals surface area (Å²) in [6.45, 7) is 10.7. The van der Waals surface area contributed by atoms with E-state index in [9.17, 15) is 4.79 Å². The summed E-state index contributed by atoms with van der Waals surface area (Å²) in [5, 5.41) is 3.68. The normalized spacial score (nSPS) is 12.3. The van der Waals surface area contributed by atoms with E-state index < -0.39 is 5.54 Å². The highest BCUT2D eigenvalue weighted by Crippen LogP contribution is 2.48. The van der Waals surface area contributed by atoms with Crippen LogP contribution in [0, 0.1) is 11.8 Å². The van der Waals surface area contributed by atoms with Crippen molar-refractivity contribution in [2.24, 2.45) is 0 Å². The molecule has 0 unspecified atom stereocenters. The quantitative estimate of drug-likeness (QED) is 0.548. The number of anilines is 2. The van der Waals surface area contributed by atoms with Crippen molar-refractivity contribution >= 4 is 53.2 Å². The number of hydrogen-bond donors (Lipinski definition) is 1. The molecule has 0 aliphatic carbocycles. The van der Waals surface area contributed by atoms with Crippen molar-refractivity contribution in [3.63, 3.8) is 0 Å². The van der Waals surface area contributed by atoms with Crippen LogP contribution in [-0.4, -0.2) is 36.1 Å². The minimum Gasteiger partial charge on any atom is -0.322 e. The van der Waals surface area contributed by atoms with Crippen LogP contribution in [0.5, 0.6) is 0 Å². The van der Waals surface area contributed by atoms with Gasteiger partial charge in [-0.3, -0.25) is 9.80 Å². The lowest BCUT2D eigenvalue weighted by Gasteiger charge is -2.33. The molecule has 0 spiro atoms. The highest BCUT2D eigenvalue weighted by atomic mass is 35.5. The molecule has 0 saturated carbocycles. The molecule has 0 saturated heterocycles. The Hall–Kier alpha value is -1.84. The average molecular weight is 464 g/mol. The second-order valence-electron chi connectivity index (χ2n) is 7.34. The van der Waals surface area contributed by atoms with Crippen LogP contribution in [0.25, 0.3) is 0 Å². The van der Waals surface area contributed by atoms with Gasteiger partial charge in [-0.15, -0.1) is 12.4 Å². The summed E-state index contributed by atoms with van der Waals surface area (Å²) in [5.74, 6) is 6.41. The molecule has 0 radical (unpaired) electrons. The number of rotatable bonds is 4. The third-order valence-electron chi connectivity index (χ3n) is 4.71. The smallest absolute Gasteiger partial charge is 0.322 e. The zero-order chi connectivity index (χ0) is 21.0. The number of urea groups is 1. The molecule has 2 aromatic carbocycles. The van der Waals surface area contributed by atoms with Crippen LogP contribution in [0.1, 0.15) is 27.7 Å². The molecule has 2 aromatic rings. The van der Waals surface area contributed by atoms with Gasteiger partial charge in [0.05, 0.1) is 23.5 Å². The molecule has 7 heteroatoms. The molecule has 0 atom stereocenters. The zero-order valence-corrected chi connectivity index (χ0v) is 20.0. The first-order chi connectivity index (χ1) is 13.8. The Bertz CT molecular complexity index is 964. The lowest BCUT2D eigenvalue weighted by Crippen LogP contribution is -2.48. The van der Waals surface area contributed by atoms with E-state index in [0.29, 0.717) is 11.6 Å². The number of benzene rings is 2. The maximum absolute atomic E-state index is 13.3. The monoisotopic (exact) mass is 463 g/mol. The van der Waals surface area contributed by atoms with Gasteiger partial charge in [0.15, 0.2) is 0 Å². The third kappa shape index (κ3) is 5.65. The van der Waals surface area contributed by atoms with Crippen molar-refractivity contribution in [1.82, 2.24) is 10.2 Å². The molecule has 30 heavy (non-hydrogen) atoms. The molecule has 0 fully saturated rings. The van der Waals surface area contributed by atoms with Crippen molar-refractivity contribution in [2.75, 3.05) is 24.5 Å². The molecule has 1 aliphatic heterocycles. The highest BCUT2D eigenvalue weighted by Gasteiger charge is 2.31. The van der Waals surface area contributed by atoms with E-state index in [1.54, 1.807) is 16.7 Å². The number of carbonyl (C=O) groups is 1. The number of para-hydroxylation sites is 1. The van der Waals surface area contributed by atoms with Crippen LogP contribution < -0.4 is 10.2 Å².